The van der Waals surface area contributed by atoms with Crippen LogP contribution in [0.5, 0.6) is 11.5 Å². The fourth-order valence-electron chi connectivity index (χ4n) is 2.37. The van der Waals surface area contributed by atoms with Crippen molar-refractivity contribution < 1.29 is 13.9 Å². The molecule has 2 aromatic carbocycles. The van der Waals surface area contributed by atoms with Gasteiger partial charge in [0, 0.05) is 6.54 Å². The maximum atomic E-state index is 13.7. The molecule has 1 aliphatic heterocycles. The first kappa shape index (κ1) is 15.1. The molecule has 0 atom stereocenters. The van der Waals surface area contributed by atoms with Crippen molar-refractivity contribution >= 4 is 17.5 Å². The van der Waals surface area contributed by atoms with Crippen molar-refractivity contribution in [3.8, 4) is 11.5 Å². The van der Waals surface area contributed by atoms with Gasteiger partial charge in [0.2, 0.25) is 12.7 Å². The third-order valence-corrected chi connectivity index (χ3v) is 3.58. The quantitative estimate of drug-likeness (QED) is 0.739. The van der Waals surface area contributed by atoms with Crippen LogP contribution >= 0.6 is 0 Å². The Morgan fingerprint density at radius 3 is 2.88 bits per heavy atom. The molecule has 0 aliphatic carbocycles. The molecule has 0 spiro atoms. The Morgan fingerprint density at radius 2 is 1.96 bits per heavy atom. The van der Waals surface area contributed by atoms with E-state index < -0.39 is 0 Å². The molecule has 1 aromatic heterocycles. The van der Waals surface area contributed by atoms with Crippen LogP contribution in [0.4, 0.5) is 21.8 Å². The summed E-state index contributed by atoms with van der Waals surface area (Å²) in [6.07, 6.45) is 1.43. The number of hydrogen-bond acceptors (Lipinski definition) is 7. The van der Waals surface area contributed by atoms with Gasteiger partial charge in [0.25, 0.3) is 0 Å². The van der Waals surface area contributed by atoms with Crippen LogP contribution in [0.25, 0.3) is 0 Å². The van der Waals surface area contributed by atoms with Gasteiger partial charge < -0.3 is 20.1 Å². The van der Waals surface area contributed by atoms with Crippen LogP contribution in [0.15, 0.2) is 48.7 Å². The smallest absolute Gasteiger partial charge is 0.244 e. The topological polar surface area (TPSA) is 81.2 Å². The van der Waals surface area contributed by atoms with Gasteiger partial charge in [-0.2, -0.15) is 10.1 Å². The summed E-state index contributed by atoms with van der Waals surface area (Å²) < 4.78 is 24.3. The van der Waals surface area contributed by atoms with Crippen molar-refractivity contribution in [1.82, 2.24) is 15.2 Å². The summed E-state index contributed by atoms with van der Waals surface area (Å²) in [5.74, 6) is 1.81. The number of ether oxygens (including phenoxy) is 2. The lowest BCUT2D eigenvalue weighted by Gasteiger charge is -2.08. The van der Waals surface area contributed by atoms with Crippen LogP contribution in [0.2, 0.25) is 0 Å². The summed E-state index contributed by atoms with van der Waals surface area (Å²) in [4.78, 5) is 4.28. The minimum absolute atomic E-state index is 0.239. The number of benzene rings is 2. The van der Waals surface area contributed by atoms with E-state index in [9.17, 15) is 4.39 Å². The van der Waals surface area contributed by atoms with Gasteiger partial charge in [-0.1, -0.05) is 18.2 Å². The molecule has 3 aromatic rings. The second-order valence-electron chi connectivity index (χ2n) is 5.31. The summed E-state index contributed by atoms with van der Waals surface area (Å²) in [5.41, 5.74) is 1.31. The summed E-state index contributed by atoms with van der Waals surface area (Å²) >= 11 is 0. The number of anilines is 3. The number of hydrogen-bond donors (Lipinski definition) is 2. The van der Waals surface area contributed by atoms with E-state index in [0.717, 1.165) is 11.3 Å². The standard InChI is InChI=1S/C17H14FN5O2/c18-12-3-1-2-4-13(12)21-16-9-20-23-17(22-16)19-8-11-5-6-14-15(7-11)25-10-24-14/h1-7,9H,8,10H2,(H2,19,21,22,23). The number of para-hydroxylation sites is 1. The van der Waals surface area contributed by atoms with Crippen LogP contribution < -0.4 is 20.1 Å². The van der Waals surface area contributed by atoms with Crippen LogP contribution in [0, 0.1) is 5.82 Å². The van der Waals surface area contributed by atoms with Crippen LogP contribution in [-0.2, 0) is 6.54 Å². The van der Waals surface area contributed by atoms with E-state index >= 15 is 0 Å². The Balaban J connectivity index is 1.44. The van der Waals surface area contributed by atoms with Gasteiger partial charge >= 0.3 is 0 Å². The Hall–Kier alpha value is -3.42. The second kappa shape index (κ2) is 6.60. The molecule has 25 heavy (non-hydrogen) atoms. The maximum absolute atomic E-state index is 13.7. The van der Waals surface area contributed by atoms with Gasteiger partial charge in [0.05, 0.1) is 11.9 Å². The maximum Gasteiger partial charge on any atom is 0.244 e. The highest BCUT2D eigenvalue weighted by atomic mass is 19.1. The number of rotatable bonds is 5. The summed E-state index contributed by atoms with van der Waals surface area (Å²) in [6.45, 7) is 0.727. The highest BCUT2D eigenvalue weighted by molar-refractivity contribution is 5.56. The molecule has 0 saturated heterocycles. The zero-order chi connectivity index (χ0) is 17.1. The molecule has 2 heterocycles. The van der Waals surface area contributed by atoms with Gasteiger partial charge in [0.1, 0.15) is 5.82 Å². The minimum atomic E-state index is -0.365. The predicted molar refractivity (Wildman–Crippen MR) is 89.4 cm³/mol. The second-order valence-corrected chi connectivity index (χ2v) is 5.31. The van der Waals surface area contributed by atoms with Crippen molar-refractivity contribution in [1.29, 1.82) is 0 Å². The van der Waals surface area contributed by atoms with E-state index in [1.807, 2.05) is 18.2 Å². The van der Waals surface area contributed by atoms with Crippen molar-refractivity contribution in [3.05, 3.63) is 60.0 Å². The van der Waals surface area contributed by atoms with Crippen molar-refractivity contribution in [2.24, 2.45) is 0 Å². The van der Waals surface area contributed by atoms with E-state index in [1.165, 1.54) is 12.3 Å². The molecule has 2 N–H and O–H groups in total. The molecular weight excluding hydrogens is 325 g/mol. The number of aromatic nitrogens is 3. The summed E-state index contributed by atoms with van der Waals surface area (Å²) in [5, 5.41) is 13.8. The molecule has 0 bridgehead atoms. The highest BCUT2D eigenvalue weighted by Gasteiger charge is 2.13. The van der Waals surface area contributed by atoms with E-state index in [0.29, 0.717) is 29.7 Å². The summed E-state index contributed by atoms with van der Waals surface area (Å²) in [7, 11) is 0. The Bertz CT molecular complexity index is 906. The molecule has 0 saturated carbocycles. The van der Waals surface area contributed by atoms with Crippen LogP contribution in [0.3, 0.4) is 0 Å². The van der Waals surface area contributed by atoms with Crippen LogP contribution in [0.1, 0.15) is 5.56 Å². The predicted octanol–water partition coefficient (Wildman–Crippen LogP) is 3.10. The van der Waals surface area contributed by atoms with E-state index in [-0.39, 0.29) is 12.6 Å². The normalized spacial score (nSPS) is 12.0. The SMILES string of the molecule is Fc1ccccc1Nc1cnnc(NCc2ccc3c(c2)OCO3)n1. The molecular formula is C17H14FN5O2. The monoisotopic (exact) mass is 339 g/mol. The van der Waals surface area contributed by atoms with Gasteiger partial charge in [0.15, 0.2) is 17.3 Å². The minimum Gasteiger partial charge on any atom is -0.454 e. The lowest BCUT2D eigenvalue weighted by atomic mass is 10.2. The van der Waals surface area contributed by atoms with Gasteiger partial charge in [-0.05, 0) is 29.8 Å². The lowest BCUT2D eigenvalue weighted by Crippen LogP contribution is -2.06. The Kier molecular flexibility index (Phi) is 3.99. The number of fused-ring (bicyclic) bond motifs is 1. The fourth-order valence-corrected chi connectivity index (χ4v) is 2.37. The first-order valence-corrected chi connectivity index (χ1v) is 7.61. The molecule has 1 aliphatic rings. The van der Waals surface area contributed by atoms with Gasteiger partial charge in [-0.3, -0.25) is 0 Å². The molecule has 126 valence electrons. The first-order valence-electron chi connectivity index (χ1n) is 7.61. The van der Waals surface area contributed by atoms with Crippen molar-refractivity contribution in [2.45, 2.75) is 6.54 Å². The number of nitrogens with one attached hydrogen (secondary N) is 2. The number of halogens is 1. The Morgan fingerprint density at radius 1 is 1.08 bits per heavy atom. The molecule has 0 fully saturated rings. The third kappa shape index (κ3) is 3.42. The van der Waals surface area contributed by atoms with E-state index in [2.05, 4.69) is 25.8 Å². The van der Waals surface area contributed by atoms with Crippen molar-refractivity contribution in [2.75, 3.05) is 17.4 Å². The molecule has 4 rings (SSSR count). The highest BCUT2D eigenvalue weighted by Crippen LogP contribution is 2.32. The molecule has 0 amide bonds. The Labute approximate surface area is 142 Å². The van der Waals surface area contributed by atoms with Gasteiger partial charge in [-0.15, -0.1) is 5.10 Å². The number of nitrogens with zero attached hydrogens (tertiary/aromatic N) is 3. The zero-order valence-corrected chi connectivity index (χ0v) is 13.1. The molecule has 0 unspecified atom stereocenters. The average molecular weight is 339 g/mol. The van der Waals surface area contributed by atoms with Crippen LogP contribution in [-0.4, -0.2) is 22.0 Å². The summed E-state index contributed by atoms with van der Waals surface area (Å²) in [6, 6.07) is 12.0. The van der Waals surface area contributed by atoms with E-state index in [1.54, 1.807) is 18.2 Å². The average Bonchev–Trinajstić information content (AvgIpc) is 3.10. The van der Waals surface area contributed by atoms with Gasteiger partial charge in [-0.25, -0.2) is 4.39 Å². The fraction of sp³-hybridized carbons (Fsp3) is 0.118. The van der Waals surface area contributed by atoms with E-state index in [4.69, 9.17) is 9.47 Å². The largest absolute Gasteiger partial charge is 0.454 e. The molecule has 8 heteroatoms. The lowest BCUT2D eigenvalue weighted by molar-refractivity contribution is 0.174. The molecule has 7 nitrogen and oxygen atoms in total. The molecule has 0 radical (unpaired) electrons. The third-order valence-electron chi connectivity index (χ3n) is 3.58. The van der Waals surface area contributed by atoms with Crippen molar-refractivity contribution in [3.63, 3.8) is 0 Å². The zero-order valence-electron chi connectivity index (χ0n) is 13.1. The first-order chi connectivity index (χ1) is 12.3.